The Labute approximate surface area is 91.8 Å². The first-order valence-electron chi connectivity index (χ1n) is 3.94. The Morgan fingerprint density at radius 3 is 2.29 bits per heavy atom. The van der Waals surface area contributed by atoms with E-state index in [0.717, 1.165) is 10.0 Å². The van der Waals surface area contributed by atoms with Crippen LogP contribution in [0.2, 0.25) is 0 Å². The third-order valence-corrected chi connectivity index (χ3v) is 2.92. The minimum Gasteiger partial charge on any atom is -0.216 e. The van der Waals surface area contributed by atoms with E-state index >= 15 is 0 Å². The van der Waals surface area contributed by atoms with Gasteiger partial charge < -0.3 is 0 Å². The number of hydrogen-bond donors (Lipinski definition) is 2. The molecule has 78 valence electrons. The monoisotopic (exact) mass is 278 g/mol. The van der Waals surface area contributed by atoms with Crippen molar-refractivity contribution in [1.29, 1.82) is 0 Å². The molecule has 0 aliphatic rings. The summed E-state index contributed by atoms with van der Waals surface area (Å²) in [6.07, 6.45) is 0. The maximum atomic E-state index is 10.7. The summed E-state index contributed by atoms with van der Waals surface area (Å²) in [6, 6.07) is 7.02. The number of nitrogens with one attached hydrogen (secondary N) is 1. The van der Waals surface area contributed by atoms with E-state index < -0.39 is 10.2 Å². The highest BCUT2D eigenvalue weighted by molar-refractivity contribution is 9.10. The Kier molecular flexibility index (Phi) is 3.65. The highest BCUT2D eigenvalue weighted by Gasteiger charge is 2.10. The normalized spacial score (nSPS) is 13.9. The highest BCUT2D eigenvalue weighted by Crippen LogP contribution is 2.16. The molecule has 3 N–H and O–H groups in total. The SMILES string of the molecule is C[C@H](NS(N)(=O)=O)c1ccc(Br)cc1. The van der Waals surface area contributed by atoms with Gasteiger partial charge in [0.15, 0.2) is 0 Å². The molecule has 0 bridgehead atoms. The zero-order valence-corrected chi connectivity index (χ0v) is 9.97. The quantitative estimate of drug-likeness (QED) is 0.875. The summed E-state index contributed by atoms with van der Waals surface area (Å²) in [7, 11) is -3.64. The fourth-order valence-electron chi connectivity index (χ4n) is 1.07. The predicted molar refractivity (Wildman–Crippen MR) is 58.8 cm³/mol. The van der Waals surface area contributed by atoms with Crippen LogP contribution in [0, 0.1) is 0 Å². The molecular weight excluding hydrogens is 268 g/mol. The molecule has 1 atom stereocenters. The van der Waals surface area contributed by atoms with Gasteiger partial charge in [0.2, 0.25) is 0 Å². The standard InChI is InChI=1S/C8H11BrN2O2S/c1-6(11-14(10,12)13)7-2-4-8(9)5-3-7/h2-6,11H,1H3,(H2,10,12,13)/t6-/m0/s1. The van der Waals surface area contributed by atoms with Gasteiger partial charge in [-0.15, -0.1) is 0 Å². The molecular formula is C8H11BrN2O2S. The van der Waals surface area contributed by atoms with Crippen molar-refractivity contribution in [2.75, 3.05) is 0 Å². The second-order valence-electron chi connectivity index (χ2n) is 2.94. The minimum absolute atomic E-state index is 0.321. The Balaban J connectivity index is 2.80. The molecule has 0 radical (unpaired) electrons. The molecule has 0 aromatic heterocycles. The lowest BCUT2D eigenvalue weighted by atomic mass is 10.1. The van der Waals surface area contributed by atoms with Crippen LogP contribution in [-0.2, 0) is 10.2 Å². The maximum Gasteiger partial charge on any atom is 0.274 e. The first-order chi connectivity index (χ1) is 6.38. The van der Waals surface area contributed by atoms with Gasteiger partial charge in [-0.3, -0.25) is 0 Å². The van der Waals surface area contributed by atoms with E-state index in [4.69, 9.17) is 5.14 Å². The molecule has 1 aromatic carbocycles. The van der Waals surface area contributed by atoms with Gasteiger partial charge in [0.1, 0.15) is 0 Å². The molecule has 0 heterocycles. The molecule has 4 nitrogen and oxygen atoms in total. The van der Waals surface area contributed by atoms with Crippen molar-refractivity contribution >= 4 is 26.1 Å². The summed E-state index contributed by atoms with van der Waals surface area (Å²) in [5.74, 6) is 0. The smallest absolute Gasteiger partial charge is 0.216 e. The van der Waals surface area contributed by atoms with Crippen LogP contribution in [0.1, 0.15) is 18.5 Å². The van der Waals surface area contributed by atoms with Gasteiger partial charge in [-0.1, -0.05) is 28.1 Å². The van der Waals surface area contributed by atoms with Crippen LogP contribution in [0.4, 0.5) is 0 Å². The van der Waals surface area contributed by atoms with Crippen molar-refractivity contribution in [3.8, 4) is 0 Å². The molecule has 0 saturated heterocycles. The van der Waals surface area contributed by atoms with E-state index in [1.54, 1.807) is 6.92 Å². The van der Waals surface area contributed by atoms with Crippen LogP contribution in [0.3, 0.4) is 0 Å². The van der Waals surface area contributed by atoms with E-state index in [1.165, 1.54) is 0 Å². The Morgan fingerprint density at radius 1 is 1.36 bits per heavy atom. The molecule has 0 fully saturated rings. The molecule has 0 aliphatic heterocycles. The van der Waals surface area contributed by atoms with Crippen LogP contribution >= 0.6 is 15.9 Å². The first kappa shape index (κ1) is 11.6. The lowest BCUT2D eigenvalue weighted by Crippen LogP contribution is -2.32. The van der Waals surface area contributed by atoms with Gasteiger partial charge in [-0.25, -0.2) is 5.14 Å². The summed E-state index contributed by atoms with van der Waals surface area (Å²) in [5, 5.41) is 4.86. The Morgan fingerprint density at radius 2 is 1.86 bits per heavy atom. The highest BCUT2D eigenvalue weighted by atomic mass is 79.9. The van der Waals surface area contributed by atoms with Crippen LogP contribution < -0.4 is 9.86 Å². The summed E-state index contributed by atoms with van der Waals surface area (Å²) in [6.45, 7) is 1.73. The third kappa shape index (κ3) is 3.75. The zero-order valence-electron chi connectivity index (χ0n) is 7.57. The van der Waals surface area contributed by atoms with Crippen LogP contribution in [0.5, 0.6) is 0 Å². The number of benzene rings is 1. The van der Waals surface area contributed by atoms with Crippen molar-refractivity contribution in [1.82, 2.24) is 4.72 Å². The lowest BCUT2D eigenvalue weighted by molar-refractivity contribution is 0.568. The predicted octanol–water partition coefficient (Wildman–Crippen LogP) is 1.30. The fraction of sp³-hybridized carbons (Fsp3) is 0.250. The van der Waals surface area contributed by atoms with E-state index in [2.05, 4.69) is 20.7 Å². The number of nitrogens with two attached hydrogens (primary N) is 1. The van der Waals surface area contributed by atoms with Crippen LogP contribution in [0.25, 0.3) is 0 Å². The molecule has 1 aromatic rings. The molecule has 0 amide bonds. The van der Waals surface area contributed by atoms with Crippen molar-refractivity contribution in [3.63, 3.8) is 0 Å². The minimum atomic E-state index is -3.64. The maximum absolute atomic E-state index is 10.7. The largest absolute Gasteiger partial charge is 0.274 e. The van der Waals surface area contributed by atoms with Crippen molar-refractivity contribution in [3.05, 3.63) is 34.3 Å². The molecule has 0 spiro atoms. The van der Waals surface area contributed by atoms with E-state index in [-0.39, 0.29) is 6.04 Å². The third-order valence-electron chi connectivity index (χ3n) is 1.71. The second kappa shape index (κ2) is 4.39. The molecule has 6 heteroatoms. The van der Waals surface area contributed by atoms with Gasteiger partial charge in [0, 0.05) is 10.5 Å². The summed E-state index contributed by atoms with van der Waals surface area (Å²) in [5.41, 5.74) is 0.863. The topological polar surface area (TPSA) is 72.2 Å². The van der Waals surface area contributed by atoms with Crippen molar-refractivity contribution in [2.24, 2.45) is 5.14 Å². The molecule has 1 rings (SSSR count). The lowest BCUT2D eigenvalue weighted by Gasteiger charge is -2.11. The average Bonchev–Trinajstić information content (AvgIpc) is 2.02. The molecule has 14 heavy (non-hydrogen) atoms. The van der Waals surface area contributed by atoms with Crippen molar-refractivity contribution < 1.29 is 8.42 Å². The summed E-state index contributed by atoms with van der Waals surface area (Å²) < 4.78 is 24.7. The van der Waals surface area contributed by atoms with Crippen molar-refractivity contribution in [2.45, 2.75) is 13.0 Å². The van der Waals surface area contributed by atoms with Gasteiger partial charge in [0.05, 0.1) is 0 Å². The van der Waals surface area contributed by atoms with Crippen LogP contribution in [0.15, 0.2) is 28.7 Å². The summed E-state index contributed by atoms with van der Waals surface area (Å²) in [4.78, 5) is 0. The van der Waals surface area contributed by atoms with E-state index in [0.29, 0.717) is 0 Å². The van der Waals surface area contributed by atoms with E-state index in [9.17, 15) is 8.42 Å². The van der Waals surface area contributed by atoms with Gasteiger partial charge in [0.25, 0.3) is 10.2 Å². The number of halogens is 1. The second-order valence-corrected chi connectivity index (χ2v) is 5.18. The average molecular weight is 279 g/mol. The first-order valence-corrected chi connectivity index (χ1v) is 6.28. The molecule has 0 saturated carbocycles. The molecule has 0 aliphatic carbocycles. The Hall–Kier alpha value is -0.430. The number of rotatable bonds is 3. The van der Waals surface area contributed by atoms with Crippen LogP contribution in [-0.4, -0.2) is 8.42 Å². The fourth-order valence-corrected chi connectivity index (χ4v) is 1.96. The number of hydrogen-bond acceptors (Lipinski definition) is 2. The Bertz CT molecular complexity index is 402. The zero-order chi connectivity index (χ0) is 10.8. The van der Waals surface area contributed by atoms with E-state index in [1.807, 2.05) is 24.3 Å². The summed E-state index contributed by atoms with van der Waals surface area (Å²) >= 11 is 3.29. The van der Waals surface area contributed by atoms with Gasteiger partial charge >= 0.3 is 0 Å². The van der Waals surface area contributed by atoms with Gasteiger partial charge in [-0.2, -0.15) is 13.1 Å². The van der Waals surface area contributed by atoms with Gasteiger partial charge in [-0.05, 0) is 24.6 Å². The molecule has 0 unspecified atom stereocenters.